The van der Waals surface area contributed by atoms with Crippen LogP contribution in [-0.2, 0) is 0 Å². The van der Waals surface area contributed by atoms with Crippen LogP contribution in [0.5, 0.6) is 0 Å². The van der Waals surface area contributed by atoms with Crippen molar-refractivity contribution in [2.45, 2.75) is 25.6 Å². The maximum absolute atomic E-state index is 11.2. The van der Waals surface area contributed by atoms with Crippen LogP contribution in [0.4, 0.5) is 0 Å². The third-order valence-electron chi connectivity index (χ3n) is 2.56. The van der Waals surface area contributed by atoms with Crippen molar-refractivity contribution in [3.05, 3.63) is 29.6 Å². The summed E-state index contributed by atoms with van der Waals surface area (Å²) in [5.41, 5.74) is 0.892. The van der Waals surface area contributed by atoms with Gasteiger partial charge >= 0.3 is 0 Å². The quantitative estimate of drug-likeness (QED) is 0.620. The first-order valence-electron chi connectivity index (χ1n) is 5.53. The van der Waals surface area contributed by atoms with Crippen molar-refractivity contribution in [1.29, 1.82) is 0 Å². The summed E-state index contributed by atoms with van der Waals surface area (Å²) in [6.45, 7) is 2.04. The fraction of sp³-hybridized carbons (Fsp3) is 0.500. The summed E-state index contributed by atoms with van der Waals surface area (Å²) in [6, 6.07) is 1.56. The van der Waals surface area contributed by atoms with E-state index in [0.29, 0.717) is 24.1 Å². The topological polar surface area (TPSA) is 82.4 Å². The van der Waals surface area contributed by atoms with Crippen LogP contribution in [0, 0.1) is 0 Å². The lowest BCUT2D eigenvalue weighted by Crippen LogP contribution is -2.23. The number of carbonyl (C=O) groups excluding carboxylic acids is 1. The molecule has 17 heavy (non-hydrogen) atoms. The lowest BCUT2D eigenvalue weighted by atomic mass is 10.0. The van der Waals surface area contributed by atoms with Crippen LogP contribution < -0.4 is 5.32 Å². The summed E-state index contributed by atoms with van der Waals surface area (Å²) in [7, 11) is 1.77. The van der Waals surface area contributed by atoms with Gasteiger partial charge in [-0.05, 0) is 33.0 Å². The zero-order valence-corrected chi connectivity index (χ0v) is 10.1. The molecular weight excluding hydrogens is 220 g/mol. The van der Waals surface area contributed by atoms with Crippen LogP contribution >= 0.6 is 0 Å². The van der Waals surface area contributed by atoms with Gasteiger partial charge in [0.25, 0.3) is 0 Å². The number of aliphatic hydroxyl groups excluding tert-OH is 2. The Morgan fingerprint density at radius 1 is 1.47 bits per heavy atom. The summed E-state index contributed by atoms with van der Waals surface area (Å²) in [5.74, 6) is -0.115. The molecule has 0 spiro atoms. The predicted molar refractivity (Wildman–Crippen MR) is 63.8 cm³/mol. The minimum atomic E-state index is -1.02. The van der Waals surface area contributed by atoms with E-state index in [-0.39, 0.29) is 5.78 Å². The highest BCUT2D eigenvalue weighted by Gasteiger charge is 2.18. The molecule has 1 aromatic heterocycles. The number of pyridine rings is 1. The molecule has 0 aromatic carbocycles. The molecule has 1 rings (SSSR count). The van der Waals surface area contributed by atoms with Gasteiger partial charge in [-0.25, -0.2) is 0 Å². The van der Waals surface area contributed by atoms with E-state index in [1.165, 1.54) is 19.3 Å². The lowest BCUT2D eigenvalue weighted by Gasteiger charge is -2.18. The van der Waals surface area contributed by atoms with Gasteiger partial charge in [-0.2, -0.15) is 0 Å². The van der Waals surface area contributed by atoms with Gasteiger partial charge in [0, 0.05) is 23.5 Å². The van der Waals surface area contributed by atoms with E-state index in [1.54, 1.807) is 13.1 Å². The van der Waals surface area contributed by atoms with E-state index in [9.17, 15) is 15.0 Å². The Morgan fingerprint density at radius 2 is 2.18 bits per heavy atom. The van der Waals surface area contributed by atoms with Crippen LogP contribution in [-0.4, -0.2) is 40.7 Å². The molecule has 2 atom stereocenters. The van der Waals surface area contributed by atoms with Gasteiger partial charge in [-0.3, -0.25) is 9.78 Å². The Balaban J connectivity index is 2.77. The molecule has 0 radical (unpaired) electrons. The zero-order valence-electron chi connectivity index (χ0n) is 10.1. The fourth-order valence-corrected chi connectivity index (χ4v) is 1.48. The van der Waals surface area contributed by atoms with Gasteiger partial charge in [-0.15, -0.1) is 0 Å². The zero-order chi connectivity index (χ0) is 12.8. The smallest absolute Gasteiger partial charge is 0.161 e. The highest BCUT2D eigenvalue weighted by molar-refractivity contribution is 5.93. The molecule has 0 bridgehead atoms. The first-order chi connectivity index (χ1) is 8.06. The third kappa shape index (κ3) is 3.89. The number of nitrogens with one attached hydrogen (secondary N) is 1. The molecule has 0 saturated heterocycles. The van der Waals surface area contributed by atoms with Crippen LogP contribution in [0.15, 0.2) is 18.5 Å². The maximum atomic E-state index is 11.2. The fourth-order valence-electron chi connectivity index (χ4n) is 1.48. The van der Waals surface area contributed by atoms with Gasteiger partial charge in [0.1, 0.15) is 6.10 Å². The molecule has 5 heteroatoms. The van der Waals surface area contributed by atoms with Gasteiger partial charge in [-0.1, -0.05) is 0 Å². The number of ketones is 1. The normalized spacial score (nSPS) is 14.4. The largest absolute Gasteiger partial charge is 0.390 e. The number of nitrogens with zero attached hydrogens (tertiary/aromatic N) is 1. The van der Waals surface area contributed by atoms with Crippen molar-refractivity contribution in [3.8, 4) is 0 Å². The minimum Gasteiger partial charge on any atom is -0.390 e. The van der Waals surface area contributed by atoms with Crippen molar-refractivity contribution in [2.75, 3.05) is 13.6 Å². The Hall–Kier alpha value is -1.30. The van der Waals surface area contributed by atoms with Crippen LogP contribution in [0.2, 0.25) is 0 Å². The number of aliphatic hydroxyl groups is 2. The molecule has 0 amide bonds. The first-order valence-corrected chi connectivity index (χ1v) is 5.53. The van der Waals surface area contributed by atoms with Crippen LogP contribution in [0.3, 0.4) is 0 Å². The summed E-state index contributed by atoms with van der Waals surface area (Å²) in [5, 5.41) is 22.5. The van der Waals surface area contributed by atoms with Crippen molar-refractivity contribution in [2.24, 2.45) is 0 Å². The SMILES string of the molecule is CNCCC(O)C(O)c1cncc(C(C)=O)c1. The monoisotopic (exact) mass is 238 g/mol. The molecule has 1 heterocycles. The molecular formula is C12H18N2O3. The number of carbonyl (C=O) groups is 1. The number of rotatable bonds is 6. The second-order valence-electron chi connectivity index (χ2n) is 3.97. The van der Waals surface area contributed by atoms with Gasteiger partial charge < -0.3 is 15.5 Å². The number of hydrogen-bond donors (Lipinski definition) is 3. The minimum absolute atomic E-state index is 0.115. The van der Waals surface area contributed by atoms with Crippen molar-refractivity contribution in [3.63, 3.8) is 0 Å². The second-order valence-corrected chi connectivity index (χ2v) is 3.97. The van der Waals surface area contributed by atoms with E-state index in [0.717, 1.165) is 0 Å². The molecule has 0 aliphatic rings. The van der Waals surface area contributed by atoms with Crippen molar-refractivity contribution >= 4 is 5.78 Å². The molecule has 94 valence electrons. The molecule has 1 aromatic rings. The Bertz CT molecular complexity index is 382. The van der Waals surface area contributed by atoms with E-state index in [2.05, 4.69) is 10.3 Å². The standard InChI is InChI=1S/C12H18N2O3/c1-8(15)9-5-10(7-14-6-9)12(17)11(16)3-4-13-2/h5-7,11-13,16-17H,3-4H2,1-2H3. The predicted octanol–water partition coefficient (Wildman–Crippen LogP) is 0.288. The Labute approximate surface area is 101 Å². The Kier molecular flexibility index (Phi) is 5.21. The molecule has 0 aliphatic carbocycles. The van der Waals surface area contributed by atoms with Gasteiger partial charge in [0.2, 0.25) is 0 Å². The molecule has 3 N–H and O–H groups in total. The lowest BCUT2D eigenvalue weighted by molar-refractivity contribution is 0.0138. The highest BCUT2D eigenvalue weighted by atomic mass is 16.3. The number of aromatic nitrogens is 1. The van der Waals surface area contributed by atoms with Gasteiger partial charge in [0.15, 0.2) is 5.78 Å². The molecule has 2 unspecified atom stereocenters. The van der Waals surface area contributed by atoms with Crippen LogP contribution in [0.25, 0.3) is 0 Å². The van der Waals surface area contributed by atoms with E-state index in [1.807, 2.05) is 0 Å². The van der Waals surface area contributed by atoms with E-state index < -0.39 is 12.2 Å². The average Bonchev–Trinajstić information content (AvgIpc) is 2.35. The maximum Gasteiger partial charge on any atom is 0.161 e. The highest BCUT2D eigenvalue weighted by Crippen LogP contribution is 2.19. The van der Waals surface area contributed by atoms with Crippen molar-refractivity contribution < 1.29 is 15.0 Å². The average molecular weight is 238 g/mol. The summed E-state index contributed by atoms with van der Waals surface area (Å²) < 4.78 is 0. The third-order valence-corrected chi connectivity index (χ3v) is 2.56. The summed E-state index contributed by atoms with van der Waals surface area (Å²) in [4.78, 5) is 15.1. The van der Waals surface area contributed by atoms with Crippen LogP contribution in [0.1, 0.15) is 35.4 Å². The second kappa shape index (κ2) is 6.44. The molecule has 0 aliphatic heterocycles. The molecule has 0 fully saturated rings. The summed E-state index contributed by atoms with van der Waals surface area (Å²) >= 11 is 0. The number of Topliss-reactive ketones (excluding diaryl/α,β-unsaturated/α-hetero) is 1. The first kappa shape index (κ1) is 13.8. The van der Waals surface area contributed by atoms with Gasteiger partial charge in [0.05, 0.1) is 6.10 Å². The number of hydrogen-bond acceptors (Lipinski definition) is 5. The van der Waals surface area contributed by atoms with E-state index in [4.69, 9.17) is 0 Å². The summed E-state index contributed by atoms with van der Waals surface area (Å²) in [6.07, 6.45) is 1.45. The van der Waals surface area contributed by atoms with Crippen molar-refractivity contribution in [1.82, 2.24) is 10.3 Å². The molecule has 5 nitrogen and oxygen atoms in total. The Morgan fingerprint density at radius 3 is 2.76 bits per heavy atom. The molecule has 0 saturated carbocycles. The van der Waals surface area contributed by atoms with E-state index >= 15 is 0 Å².